The zero-order valence-electron chi connectivity index (χ0n) is 11.4. The molecule has 1 amide bonds. The van der Waals surface area contributed by atoms with Gasteiger partial charge in [-0.2, -0.15) is 0 Å². The van der Waals surface area contributed by atoms with E-state index in [0.29, 0.717) is 12.1 Å². The highest BCUT2D eigenvalue weighted by molar-refractivity contribution is 9.10. The van der Waals surface area contributed by atoms with Crippen LogP contribution < -0.4 is 5.32 Å². The van der Waals surface area contributed by atoms with Gasteiger partial charge >= 0.3 is 0 Å². The molecule has 108 valence electrons. The number of amides is 1. The minimum Gasteiger partial charge on any atom is -0.347 e. The zero-order valence-corrected chi connectivity index (χ0v) is 13.0. The van der Waals surface area contributed by atoms with Crippen LogP contribution in [0.15, 0.2) is 46.9 Å². The first-order valence-corrected chi connectivity index (χ1v) is 7.17. The van der Waals surface area contributed by atoms with E-state index < -0.39 is 0 Å². The van der Waals surface area contributed by atoms with E-state index in [9.17, 15) is 9.18 Å². The van der Waals surface area contributed by atoms with Gasteiger partial charge < -0.3 is 5.32 Å². The van der Waals surface area contributed by atoms with Crippen LogP contribution in [0.25, 0.3) is 6.08 Å². The molecule has 0 saturated carbocycles. The van der Waals surface area contributed by atoms with E-state index in [2.05, 4.69) is 26.2 Å². The minimum absolute atomic E-state index is 0.294. The van der Waals surface area contributed by atoms with Crippen LogP contribution in [0.4, 0.5) is 4.39 Å². The molecule has 1 heterocycles. The monoisotopic (exact) mass is 348 g/mol. The average molecular weight is 349 g/mol. The summed E-state index contributed by atoms with van der Waals surface area (Å²) in [5, 5.41) is 2.71. The molecule has 0 aliphatic rings. The average Bonchev–Trinajstić information content (AvgIpc) is 2.46. The van der Waals surface area contributed by atoms with E-state index in [4.69, 9.17) is 0 Å². The van der Waals surface area contributed by atoms with Crippen LogP contribution in [-0.2, 0) is 11.3 Å². The molecule has 0 aliphatic carbocycles. The van der Waals surface area contributed by atoms with E-state index >= 15 is 0 Å². The molecular weight excluding hydrogens is 335 g/mol. The highest BCUT2D eigenvalue weighted by Crippen LogP contribution is 2.16. The number of benzene rings is 1. The summed E-state index contributed by atoms with van der Waals surface area (Å²) in [6.07, 6.45) is 2.75. The van der Waals surface area contributed by atoms with Crippen LogP contribution in [0.2, 0.25) is 0 Å². The molecule has 0 radical (unpaired) electrons. The van der Waals surface area contributed by atoms with E-state index in [1.807, 2.05) is 25.1 Å². The molecule has 0 bridgehead atoms. The number of aryl methyl sites for hydroxylation is 1. The number of nitrogens with one attached hydrogen (secondary N) is 1. The lowest BCUT2D eigenvalue weighted by atomic mass is 10.2. The molecule has 2 aromatic rings. The number of carbonyl (C=O) groups is 1. The van der Waals surface area contributed by atoms with Crippen molar-refractivity contribution in [3.05, 3.63) is 69.7 Å². The Balaban J connectivity index is 1.95. The molecule has 3 nitrogen and oxygen atoms in total. The molecule has 5 heteroatoms. The first kappa shape index (κ1) is 15.4. The Labute approximate surface area is 131 Å². The van der Waals surface area contributed by atoms with Crippen LogP contribution >= 0.6 is 15.9 Å². The van der Waals surface area contributed by atoms with Crippen molar-refractivity contribution in [1.29, 1.82) is 0 Å². The second-order valence-corrected chi connectivity index (χ2v) is 5.40. The number of hydrogen-bond donors (Lipinski definition) is 1. The van der Waals surface area contributed by atoms with Crippen molar-refractivity contribution in [2.24, 2.45) is 0 Å². The molecule has 21 heavy (non-hydrogen) atoms. The molecule has 1 aromatic carbocycles. The van der Waals surface area contributed by atoms with Crippen molar-refractivity contribution < 1.29 is 9.18 Å². The lowest BCUT2D eigenvalue weighted by Gasteiger charge is -2.03. The van der Waals surface area contributed by atoms with Crippen molar-refractivity contribution in [3.63, 3.8) is 0 Å². The Morgan fingerprint density at radius 1 is 1.38 bits per heavy atom. The van der Waals surface area contributed by atoms with Gasteiger partial charge in [0, 0.05) is 21.8 Å². The molecule has 0 atom stereocenters. The quantitative estimate of drug-likeness (QED) is 0.857. The number of rotatable bonds is 4. The first-order valence-electron chi connectivity index (χ1n) is 6.38. The number of halogens is 2. The summed E-state index contributed by atoms with van der Waals surface area (Å²) in [6.45, 7) is 2.23. The van der Waals surface area contributed by atoms with Crippen LogP contribution in [0.5, 0.6) is 0 Å². The Morgan fingerprint density at radius 2 is 2.19 bits per heavy atom. The normalized spacial score (nSPS) is 10.8. The summed E-state index contributed by atoms with van der Waals surface area (Å²) in [4.78, 5) is 16.0. The fourth-order valence-electron chi connectivity index (χ4n) is 1.74. The van der Waals surface area contributed by atoms with Crippen LogP contribution in [-0.4, -0.2) is 10.9 Å². The Kier molecular flexibility index (Phi) is 5.22. The predicted molar refractivity (Wildman–Crippen MR) is 84.0 cm³/mol. The molecule has 2 rings (SSSR count). The second-order valence-electron chi connectivity index (χ2n) is 4.49. The third-order valence-corrected chi connectivity index (χ3v) is 3.26. The fourth-order valence-corrected chi connectivity index (χ4v) is 2.12. The van der Waals surface area contributed by atoms with E-state index in [1.165, 1.54) is 18.2 Å². The molecule has 0 aliphatic heterocycles. The Bertz CT molecular complexity index is 686. The molecule has 0 unspecified atom stereocenters. The van der Waals surface area contributed by atoms with Crippen molar-refractivity contribution in [2.45, 2.75) is 13.5 Å². The number of hydrogen-bond acceptors (Lipinski definition) is 2. The first-order chi connectivity index (χ1) is 10.0. The SMILES string of the molecule is Cc1cccc(CNC(=O)/C=C/c2cc(Br)ccc2F)n1. The predicted octanol–water partition coefficient (Wildman–Crippen LogP) is 3.62. The van der Waals surface area contributed by atoms with Crippen LogP contribution in [0, 0.1) is 12.7 Å². The number of aromatic nitrogens is 1. The van der Waals surface area contributed by atoms with Crippen molar-refractivity contribution in [1.82, 2.24) is 10.3 Å². The van der Waals surface area contributed by atoms with Crippen molar-refractivity contribution in [2.75, 3.05) is 0 Å². The van der Waals surface area contributed by atoms with Crippen molar-refractivity contribution in [3.8, 4) is 0 Å². The number of pyridine rings is 1. The molecule has 1 aromatic heterocycles. The van der Waals surface area contributed by atoms with E-state index in [0.717, 1.165) is 15.9 Å². The smallest absolute Gasteiger partial charge is 0.244 e. The maximum atomic E-state index is 13.5. The Morgan fingerprint density at radius 3 is 2.95 bits per heavy atom. The van der Waals surface area contributed by atoms with Gasteiger partial charge in [0.15, 0.2) is 0 Å². The maximum absolute atomic E-state index is 13.5. The zero-order chi connectivity index (χ0) is 15.2. The standard InChI is InChI=1S/C16H14BrFN2O/c1-11-3-2-4-14(20-11)10-19-16(21)8-5-12-9-13(17)6-7-15(12)18/h2-9H,10H2,1H3,(H,19,21)/b8-5+. The molecule has 0 saturated heterocycles. The minimum atomic E-state index is -0.373. The van der Waals surface area contributed by atoms with Gasteiger partial charge in [-0.25, -0.2) is 4.39 Å². The topological polar surface area (TPSA) is 42.0 Å². The number of nitrogens with zero attached hydrogens (tertiary/aromatic N) is 1. The van der Waals surface area contributed by atoms with Gasteiger partial charge in [0.05, 0.1) is 12.2 Å². The van der Waals surface area contributed by atoms with Crippen molar-refractivity contribution >= 4 is 27.9 Å². The third kappa shape index (κ3) is 4.79. The summed E-state index contributed by atoms with van der Waals surface area (Å²) in [5.74, 6) is -0.666. The maximum Gasteiger partial charge on any atom is 0.244 e. The summed E-state index contributed by atoms with van der Waals surface area (Å²) < 4.78 is 14.3. The summed E-state index contributed by atoms with van der Waals surface area (Å²) >= 11 is 3.26. The largest absolute Gasteiger partial charge is 0.347 e. The van der Waals surface area contributed by atoms with Gasteiger partial charge in [-0.1, -0.05) is 22.0 Å². The Hall–Kier alpha value is -2.01. The summed E-state index contributed by atoms with van der Waals surface area (Å²) in [7, 11) is 0. The van der Waals surface area contributed by atoms with Gasteiger partial charge in [-0.3, -0.25) is 9.78 Å². The van der Waals surface area contributed by atoms with Crippen LogP contribution in [0.1, 0.15) is 17.0 Å². The van der Waals surface area contributed by atoms with Gasteiger partial charge in [-0.15, -0.1) is 0 Å². The lowest BCUT2D eigenvalue weighted by molar-refractivity contribution is -0.116. The highest BCUT2D eigenvalue weighted by Gasteiger charge is 2.01. The second kappa shape index (κ2) is 7.13. The van der Waals surface area contributed by atoms with Gasteiger partial charge in [0.25, 0.3) is 0 Å². The molecular formula is C16H14BrFN2O. The highest BCUT2D eigenvalue weighted by atomic mass is 79.9. The fraction of sp³-hybridized carbons (Fsp3) is 0.125. The molecule has 0 spiro atoms. The van der Waals surface area contributed by atoms with Gasteiger partial charge in [-0.05, 0) is 43.3 Å². The summed E-state index contributed by atoms with van der Waals surface area (Å²) in [5.41, 5.74) is 2.03. The lowest BCUT2D eigenvalue weighted by Crippen LogP contribution is -2.20. The van der Waals surface area contributed by atoms with E-state index in [-0.39, 0.29) is 11.7 Å². The van der Waals surface area contributed by atoms with Gasteiger partial charge in [0.2, 0.25) is 5.91 Å². The molecule has 1 N–H and O–H groups in total. The van der Waals surface area contributed by atoms with Gasteiger partial charge in [0.1, 0.15) is 5.82 Å². The number of carbonyl (C=O) groups excluding carboxylic acids is 1. The molecule has 0 fully saturated rings. The van der Waals surface area contributed by atoms with Crippen LogP contribution in [0.3, 0.4) is 0 Å². The van der Waals surface area contributed by atoms with E-state index in [1.54, 1.807) is 12.1 Å². The summed E-state index contributed by atoms with van der Waals surface area (Å²) in [6, 6.07) is 10.2. The third-order valence-electron chi connectivity index (χ3n) is 2.76.